The van der Waals surface area contributed by atoms with Crippen molar-refractivity contribution in [2.75, 3.05) is 24.7 Å². The molecule has 2 aliphatic heterocycles. The van der Waals surface area contributed by atoms with E-state index in [-0.39, 0.29) is 35.8 Å². The van der Waals surface area contributed by atoms with Gasteiger partial charge in [0.25, 0.3) is 5.91 Å². The monoisotopic (exact) mass is 587 g/mol. The highest BCUT2D eigenvalue weighted by atomic mass is 32.2. The van der Waals surface area contributed by atoms with Crippen molar-refractivity contribution >= 4 is 40.2 Å². The zero-order valence-electron chi connectivity index (χ0n) is 22.6. The molecular weight excluding hydrogens is 560 g/mol. The molecule has 11 heteroatoms. The van der Waals surface area contributed by atoms with Crippen LogP contribution < -0.4 is 19.7 Å². The van der Waals surface area contributed by atoms with Crippen LogP contribution in [0.3, 0.4) is 0 Å². The molecular formula is C31H27F2N5O3S. The van der Waals surface area contributed by atoms with Crippen LogP contribution in [0, 0.1) is 11.7 Å². The average molecular weight is 588 g/mol. The summed E-state index contributed by atoms with van der Waals surface area (Å²) in [7, 11) is 0. The van der Waals surface area contributed by atoms with Crippen molar-refractivity contribution in [2.45, 2.75) is 48.0 Å². The van der Waals surface area contributed by atoms with E-state index in [4.69, 9.17) is 19.4 Å². The summed E-state index contributed by atoms with van der Waals surface area (Å²) in [6.07, 6.45) is 7.65. The summed E-state index contributed by atoms with van der Waals surface area (Å²) >= 11 is 0.862. The molecule has 1 N–H and O–H groups in total. The Morgan fingerprint density at radius 2 is 1.98 bits per heavy atom. The van der Waals surface area contributed by atoms with E-state index in [9.17, 15) is 13.6 Å². The van der Waals surface area contributed by atoms with E-state index >= 15 is 0 Å². The van der Waals surface area contributed by atoms with Crippen LogP contribution in [-0.2, 0) is 12.0 Å². The minimum atomic E-state index is -1.22. The highest BCUT2D eigenvalue weighted by Gasteiger charge is 2.57. The van der Waals surface area contributed by atoms with Gasteiger partial charge in [0.1, 0.15) is 12.4 Å². The number of carbonyl (C=O) groups excluding carboxylic acids is 1. The molecule has 0 saturated heterocycles. The van der Waals surface area contributed by atoms with Gasteiger partial charge < -0.3 is 19.7 Å². The summed E-state index contributed by atoms with van der Waals surface area (Å²) < 4.78 is 40.0. The molecule has 8 nitrogen and oxygen atoms in total. The number of nitrogens with one attached hydrogen (secondary N) is 1. The van der Waals surface area contributed by atoms with Crippen LogP contribution in [0.15, 0.2) is 53.7 Å². The molecule has 2 bridgehead atoms. The fraction of sp³-hybridized carbons (Fsp3) is 0.355. The highest BCUT2D eigenvalue weighted by Crippen LogP contribution is 2.65. The first kappa shape index (κ1) is 25.7. The van der Waals surface area contributed by atoms with Crippen LogP contribution >= 0.6 is 11.8 Å². The van der Waals surface area contributed by atoms with Gasteiger partial charge in [-0.05, 0) is 72.6 Å². The number of halogens is 2. The number of thioether (sulfide) groups is 1. The molecule has 9 rings (SSSR count). The third-order valence-electron chi connectivity index (χ3n) is 8.75. The summed E-state index contributed by atoms with van der Waals surface area (Å²) in [5.74, 6) is 2.02. The smallest absolute Gasteiger partial charge is 0.251 e. The maximum atomic E-state index is 14.6. The number of fused-ring (bicyclic) bond motifs is 3. The summed E-state index contributed by atoms with van der Waals surface area (Å²) in [5.41, 5.74) is 1.79. The van der Waals surface area contributed by atoms with Crippen LogP contribution in [0.4, 0.5) is 20.4 Å². The summed E-state index contributed by atoms with van der Waals surface area (Å²) in [4.78, 5) is 29.4. The van der Waals surface area contributed by atoms with Crippen LogP contribution in [0.1, 0.15) is 47.3 Å². The van der Waals surface area contributed by atoms with E-state index in [1.165, 1.54) is 30.9 Å². The second-order valence-corrected chi connectivity index (χ2v) is 12.7. The summed E-state index contributed by atoms with van der Waals surface area (Å²) in [6, 6.07) is 10.5. The highest BCUT2D eigenvalue weighted by molar-refractivity contribution is 7.99. The van der Waals surface area contributed by atoms with Crippen LogP contribution in [0.25, 0.3) is 10.9 Å². The van der Waals surface area contributed by atoms with Gasteiger partial charge in [-0.2, -0.15) is 0 Å². The van der Waals surface area contributed by atoms with Gasteiger partial charge in [-0.15, -0.1) is 0 Å². The molecule has 4 aromatic rings. The van der Waals surface area contributed by atoms with Gasteiger partial charge in [0.05, 0.1) is 35.8 Å². The first-order chi connectivity index (χ1) is 20.4. The van der Waals surface area contributed by atoms with E-state index in [1.54, 1.807) is 6.20 Å². The molecule has 42 heavy (non-hydrogen) atoms. The molecule has 0 radical (unpaired) electrons. The van der Waals surface area contributed by atoms with Gasteiger partial charge in [-0.3, -0.25) is 9.78 Å². The van der Waals surface area contributed by atoms with Gasteiger partial charge >= 0.3 is 0 Å². The van der Waals surface area contributed by atoms with Crippen molar-refractivity contribution in [3.63, 3.8) is 0 Å². The Balaban J connectivity index is 1.01. The first-order valence-corrected chi connectivity index (χ1v) is 15.0. The number of hydrogen-bond donors (Lipinski definition) is 1. The minimum Gasteiger partial charge on any atom is -0.489 e. The predicted molar refractivity (Wildman–Crippen MR) is 154 cm³/mol. The fourth-order valence-electron chi connectivity index (χ4n) is 6.39. The van der Waals surface area contributed by atoms with Crippen molar-refractivity contribution < 1.29 is 23.0 Å². The maximum Gasteiger partial charge on any atom is 0.251 e. The van der Waals surface area contributed by atoms with Gasteiger partial charge in [0.15, 0.2) is 28.6 Å². The molecule has 3 saturated carbocycles. The van der Waals surface area contributed by atoms with Gasteiger partial charge in [-0.25, -0.2) is 18.7 Å². The Labute approximate surface area is 244 Å². The summed E-state index contributed by atoms with van der Waals surface area (Å²) in [5, 5.41) is 3.65. The normalized spacial score (nSPS) is 23.8. The third-order valence-corrected chi connectivity index (χ3v) is 9.80. The van der Waals surface area contributed by atoms with Crippen molar-refractivity contribution in [1.82, 2.24) is 20.3 Å². The van der Waals surface area contributed by atoms with Crippen molar-refractivity contribution in [1.29, 1.82) is 0 Å². The number of benzene rings is 1. The fourth-order valence-corrected chi connectivity index (χ4v) is 7.34. The molecule has 1 aromatic carbocycles. The number of pyridine rings is 3. The van der Waals surface area contributed by atoms with E-state index in [0.29, 0.717) is 24.3 Å². The lowest BCUT2D eigenvalue weighted by atomic mass is 9.42. The molecule has 0 spiro atoms. The summed E-state index contributed by atoms with van der Waals surface area (Å²) in [6.45, 7) is 1.37. The Morgan fingerprint density at radius 3 is 2.81 bits per heavy atom. The molecule has 214 valence electrons. The number of amides is 1. The number of hydrogen-bond acceptors (Lipinski definition) is 8. The standard InChI is InChI=1S/C31H27F2N5O3S/c32-22-7-19(8-25-28(22)41-5-3-26(33)42-25)30(39)36-16-21-10-23-18(14-34-21)1-2-27(37-23)38-4-6-40-24-9-20(15-35-29(24)38)31-11-17(12-31)13-31/h1-2,7-10,14-15,17,26H,3-6,11-13,16H2,(H,36,39). The number of carbonyl (C=O) groups is 1. The van der Waals surface area contributed by atoms with Crippen LogP contribution in [0.2, 0.25) is 0 Å². The number of aromatic nitrogens is 3. The lowest BCUT2D eigenvalue weighted by molar-refractivity contribution is -0.0278. The second-order valence-electron chi connectivity index (χ2n) is 11.5. The molecule has 1 atom stereocenters. The average Bonchev–Trinajstić information content (AvgIpc) is 3.14. The lowest BCUT2D eigenvalue weighted by Gasteiger charge is -2.62. The minimum absolute atomic E-state index is 0.0112. The number of ether oxygens (including phenoxy) is 2. The topological polar surface area (TPSA) is 89.5 Å². The van der Waals surface area contributed by atoms with Crippen molar-refractivity contribution in [3.05, 3.63) is 71.4 Å². The van der Waals surface area contributed by atoms with E-state index in [0.717, 1.165) is 52.0 Å². The SMILES string of the molecule is O=C(NCc1cc2nc(N3CCOc4cc(C56CC(C5)C6)cnc43)ccc2cn1)c1cc(F)c2c(c1)SC(F)CCO2. The number of alkyl halides is 1. The van der Waals surface area contributed by atoms with Crippen LogP contribution in [-0.4, -0.2) is 46.1 Å². The Hall–Kier alpha value is -3.99. The van der Waals surface area contributed by atoms with Gasteiger partial charge in [0, 0.05) is 29.8 Å². The Kier molecular flexibility index (Phi) is 5.99. The third kappa shape index (κ3) is 4.33. The molecule has 3 aliphatic carbocycles. The molecule has 3 aromatic heterocycles. The molecule has 1 amide bonds. The quantitative estimate of drug-likeness (QED) is 0.311. The predicted octanol–water partition coefficient (Wildman–Crippen LogP) is 5.85. The van der Waals surface area contributed by atoms with E-state index in [1.807, 2.05) is 24.4 Å². The Morgan fingerprint density at radius 1 is 1.10 bits per heavy atom. The van der Waals surface area contributed by atoms with E-state index in [2.05, 4.69) is 21.3 Å². The zero-order chi connectivity index (χ0) is 28.4. The largest absolute Gasteiger partial charge is 0.489 e. The van der Waals surface area contributed by atoms with Gasteiger partial charge in [0.2, 0.25) is 0 Å². The lowest BCUT2D eigenvalue weighted by Crippen LogP contribution is -2.55. The number of nitrogens with zero attached hydrogens (tertiary/aromatic N) is 4. The first-order valence-electron chi connectivity index (χ1n) is 14.2. The Bertz CT molecular complexity index is 1740. The zero-order valence-corrected chi connectivity index (χ0v) is 23.4. The van der Waals surface area contributed by atoms with Crippen molar-refractivity contribution in [3.8, 4) is 11.5 Å². The van der Waals surface area contributed by atoms with Crippen LogP contribution in [0.5, 0.6) is 11.5 Å². The molecule has 3 fully saturated rings. The number of rotatable bonds is 5. The maximum absolute atomic E-state index is 14.6. The molecule has 5 heterocycles. The molecule has 1 unspecified atom stereocenters. The molecule has 5 aliphatic rings. The van der Waals surface area contributed by atoms with Gasteiger partial charge in [-0.1, -0.05) is 11.8 Å². The van der Waals surface area contributed by atoms with Crippen molar-refractivity contribution in [2.24, 2.45) is 5.92 Å². The number of anilines is 2. The second kappa shape index (κ2) is 9.79. The van der Waals surface area contributed by atoms with E-state index < -0.39 is 17.2 Å².